The molecule has 0 saturated heterocycles. The number of fused-ring (bicyclic) bond motifs is 3. The summed E-state index contributed by atoms with van der Waals surface area (Å²) in [4.78, 5) is 38.3. The minimum absolute atomic E-state index is 0.0402. The number of hydrogen-bond donors (Lipinski definition) is 2. The third-order valence-electron chi connectivity index (χ3n) is 6.68. The van der Waals surface area contributed by atoms with Gasteiger partial charge in [0.15, 0.2) is 0 Å². The molecule has 1 aliphatic heterocycles. The zero-order valence-corrected chi connectivity index (χ0v) is 22.0. The number of nitrogens with zero attached hydrogens (tertiary/aromatic N) is 1. The van der Waals surface area contributed by atoms with Crippen LogP contribution in [0.25, 0.3) is 11.1 Å². The van der Waals surface area contributed by atoms with Crippen LogP contribution < -0.4 is 16.6 Å². The Morgan fingerprint density at radius 3 is 2.61 bits per heavy atom. The van der Waals surface area contributed by atoms with Crippen molar-refractivity contribution in [3.63, 3.8) is 0 Å². The zero-order valence-electron chi connectivity index (χ0n) is 21.3. The van der Waals surface area contributed by atoms with Crippen molar-refractivity contribution in [3.8, 4) is 11.1 Å². The zero-order chi connectivity index (χ0) is 27.6. The lowest BCUT2D eigenvalue weighted by atomic mass is 9.92. The largest absolute Gasteiger partial charge is 0.382 e. The van der Waals surface area contributed by atoms with Gasteiger partial charge in [0.1, 0.15) is 11.9 Å². The molecule has 3 N–H and O–H groups in total. The fourth-order valence-corrected chi connectivity index (χ4v) is 4.69. The van der Waals surface area contributed by atoms with Crippen molar-refractivity contribution in [2.24, 2.45) is 5.73 Å². The monoisotopic (exact) mass is 541 g/mol. The highest BCUT2D eigenvalue weighted by atomic mass is 35.5. The number of anilines is 1. The molecule has 0 fully saturated rings. The van der Waals surface area contributed by atoms with Crippen LogP contribution in [-0.2, 0) is 27.3 Å². The normalized spacial score (nSPS) is 16.4. The fraction of sp³-hybridized carbons (Fsp3) is 0.321. The van der Waals surface area contributed by atoms with Crippen molar-refractivity contribution in [1.29, 1.82) is 0 Å². The van der Waals surface area contributed by atoms with Gasteiger partial charge < -0.3 is 25.1 Å². The summed E-state index contributed by atoms with van der Waals surface area (Å²) in [7, 11) is 1.52. The van der Waals surface area contributed by atoms with E-state index in [0.29, 0.717) is 34.4 Å². The van der Waals surface area contributed by atoms with E-state index in [1.807, 2.05) is 6.92 Å². The molecule has 0 aliphatic carbocycles. The Bertz CT molecular complexity index is 1420. The molecule has 10 heteroatoms. The summed E-state index contributed by atoms with van der Waals surface area (Å²) in [6, 6.07) is 9.70. The van der Waals surface area contributed by atoms with Crippen molar-refractivity contribution in [2.45, 2.75) is 51.5 Å². The van der Waals surface area contributed by atoms with Gasteiger partial charge in [-0.3, -0.25) is 14.4 Å². The van der Waals surface area contributed by atoms with Crippen LogP contribution in [0.4, 0.5) is 10.1 Å². The highest BCUT2D eigenvalue weighted by Gasteiger charge is 2.28. The number of aromatic nitrogens is 1. The van der Waals surface area contributed by atoms with E-state index in [-0.39, 0.29) is 35.8 Å². The Hall–Kier alpha value is -3.53. The number of carbonyl (C=O) groups excluding carboxylic acids is 2. The van der Waals surface area contributed by atoms with Crippen LogP contribution >= 0.6 is 11.6 Å². The molecule has 0 saturated carbocycles. The smallest absolute Gasteiger partial charge is 0.251 e. The number of carbonyl (C=O) groups is 2. The second-order valence-corrected chi connectivity index (χ2v) is 9.81. The molecule has 0 radical (unpaired) electrons. The molecule has 2 aromatic carbocycles. The van der Waals surface area contributed by atoms with E-state index in [9.17, 15) is 14.4 Å². The predicted molar refractivity (Wildman–Crippen MR) is 143 cm³/mol. The van der Waals surface area contributed by atoms with Gasteiger partial charge in [0.2, 0.25) is 11.8 Å². The fourth-order valence-electron chi connectivity index (χ4n) is 4.54. The first-order valence-electron chi connectivity index (χ1n) is 12.2. The van der Waals surface area contributed by atoms with Crippen LogP contribution in [0, 0.1) is 5.82 Å². The van der Waals surface area contributed by atoms with E-state index < -0.39 is 29.2 Å². The number of ether oxygens (including phenoxy) is 2. The molecule has 1 aliphatic rings. The lowest BCUT2D eigenvalue weighted by Gasteiger charge is -2.26. The summed E-state index contributed by atoms with van der Waals surface area (Å²) in [5, 5.41) is 2.75. The molecule has 0 bridgehead atoms. The van der Waals surface area contributed by atoms with Crippen LogP contribution in [0.5, 0.6) is 0 Å². The van der Waals surface area contributed by atoms with Gasteiger partial charge in [0.05, 0.1) is 23.8 Å². The number of nitrogens with two attached hydrogens (primary N) is 1. The lowest BCUT2D eigenvalue weighted by Crippen LogP contribution is -2.35. The molecule has 3 aromatic rings. The number of hydrogen-bond acceptors (Lipinski definition) is 5. The Morgan fingerprint density at radius 1 is 1.24 bits per heavy atom. The van der Waals surface area contributed by atoms with Gasteiger partial charge in [0, 0.05) is 48.2 Å². The number of amides is 2. The van der Waals surface area contributed by atoms with Gasteiger partial charge in [-0.2, -0.15) is 0 Å². The summed E-state index contributed by atoms with van der Waals surface area (Å²) in [6.45, 7) is 3.79. The number of nitrogens with one attached hydrogen (secondary N) is 1. The van der Waals surface area contributed by atoms with Gasteiger partial charge in [0.25, 0.3) is 5.56 Å². The Labute approximate surface area is 224 Å². The molecule has 1 unspecified atom stereocenters. The van der Waals surface area contributed by atoms with Crippen molar-refractivity contribution in [1.82, 2.24) is 4.57 Å². The van der Waals surface area contributed by atoms with Gasteiger partial charge >= 0.3 is 0 Å². The maximum atomic E-state index is 15.3. The van der Waals surface area contributed by atoms with Crippen LogP contribution in [0.2, 0.25) is 5.02 Å². The van der Waals surface area contributed by atoms with Gasteiger partial charge in [-0.1, -0.05) is 17.7 Å². The molecule has 8 nitrogen and oxygen atoms in total. The van der Waals surface area contributed by atoms with E-state index in [0.717, 1.165) is 0 Å². The number of benzene rings is 2. The number of methoxy groups -OCH3 is 1. The maximum Gasteiger partial charge on any atom is 0.251 e. The number of pyridine rings is 1. The van der Waals surface area contributed by atoms with E-state index in [1.165, 1.54) is 35.9 Å². The van der Waals surface area contributed by atoms with E-state index in [4.69, 9.17) is 26.8 Å². The van der Waals surface area contributed by atoms with Crippen LogP contribution in [0.3, 0.4) is 0 Å². The Morgan fingerprint density at radius 2 is 1.95 bits per heavy atom. The second-order valence-electron chi connectivity index (χ2n) is 9.41. The van der Waals surface area contributed by atoms with Crippen molar-refractivity contribution in [3.05, 3.63) is 86.5 Å². The first-order valence-corrected chi connectivity index (χ1v) is 12.5. The highest BCUT2D eigenvalue weighted by molar-refractivity contribution is 6.31. The Kier molecular flexibility index (Phi) is 8.30. The summed E-state index contributed by atoms with van der Waals surface area (Å²) in [5.41, 5.74) is 7.41. The van der Waals surface area contributed by atoms with Gasteiger partial charge in [-0.05, 0) is 61.7 Å². The molecular formula is C28H29ClFN3O5. The minimum Gasteiger partial charge on any atom is -0.382 e. The van der Waals surface area contributed by atoms with Crippen molar-refractivity contribution < 1.29 is 23.5 Å². The molecule has 200 valence electrons. The molecule has 4 rings (SSSR count). The number of primary amides is 1. The third-order valence-corrected chi connectivity index (χ3v) is 6.97. The topological polar surface area (TPSA) is 113 Å². The Balaban J connectivity index is 1.78. The molecule has 2 amide bonds. The summed E-state index contributed by atoms with van der Waals surface area (Å²) in [5.74, 6) is -1.64. The van der Waals surface area contributed by atoms with Crippen LogP contribution in [0.15, 0.2) is 53.5 Å². The van der Waals surface area contributed by atoms with E-state index >= 15 is 4.39 Å². The predicted octanol–water partition coefficient (Wildman–Crippen LogP) is 4.47. The first-order chi connectivity index (χ1) is 18.1. The van der Waals surface area contributed by atoms with E-state index in [1.54, 1.807) is 31.3 Å². The molecular weight excluding hydrogens is 513 g/mol. The quantitative estimate of drug-likeness (QED) is 0.458. The SMILES string of the molecule is CO[C@@H](C)C[C@@H](C(=O)Nc1ccc(C(N)=O)cc1)n1cc2c(cc1=O)-c1c(ccc(Cl)c1F)CC(C)OC2. The maximum absolute atomic E-state index is 15.3. The molecule has 3 atom stereocenters. The molecule has 2 heterocycles. The third kappa shape index (κ3) is 5.80. The molecule has 0 spiro atoms. The molecule has 1 aromatic heterocycles. The first kappa shape index (κ1) is 27.5. The van der Waals surface area contributed by atoms with Crippen LogP contribution in [-0.4, -0.2) is 35.7 Å². The molecule has 38 heavy (non-hydrogen) atoms. The van der Waals surface area contributed by atoms with Crippen molar-refractivity contribution >= 4 is 29.1 Å². The van der Waals surface area contributed by atoms with Crippen molar-refractivity contribution in [2.75, 3.05) is 12.4 Å². The van der Waals surface area contributed by atoms with Gasteiger partial charge in [-0.15, -0.1) is 0 Å². The highest BCUT2D eigenvalue weighted by Crippen LogP contribution is 2.36. The van der Waals surface area contributed by atoms with E-state index in [2.05, 4.69) is 5.32 Å². The standard InChI is InChI=1S/C28H29ClFN3O5/c1-15(37-3)11-23(28(36)32-20-7-4-17(5-8-20)27(31)35)33-13-19-14-38-16(2)10-18-6-9-22(29)26(30)25(18)21(19)12-24(33)34/h4-9,12-13,15-16,23H,10-11,14H2,1-3H3,(H2,31,35)(H,32,36)/t15-,16?,23-/m0/s1. The minimum atomic E-state index is -0.954. The summed E-state index contributed by atoms with van der Waals surface area (Å²) in [6.07, 6.45) is 1.62. The lowest BCUT2D eigenvalue weighted by molar-refractivity contribution is -0.120. The number of halogens is 2. The summed E-state index contributed by atoms with van der Waals surface area (Å²) < 4.78 is 27.9. The summed E-state index contributed by atoms with van der Waals surface area (Å²) >= 11 is 6.10. The second kappa shape index (κ2) is 11.5. The average Bonchev–Trinajstić information content (AvgIpc) is 2.88. The van der Waals surface area contributed by atoms with Crippen LogP contribution in [0.1, 0.15) is 47.8 Å². The van der Waals surface area contributed by atoms with Gasteiger partial charge in [-0.25, -0.2) is 4.39 Å². The number of rotatable bonds is 7. The average molecular weight is 542 g/mol.